The van der Waals surface area contributed by atoms with Gasteiger partial charge in [0.1, 0.15) is 11.4 Å². The number of ether oxygens (including phenoxy) is 1. The second kappa shape index (κ2) is 9.37. The van der Waals surface area contributed by atoms with E-state index in [-0.39, 0.29) is 11.8 Å². The van der Waals surface area contributed by atoms with Gasteiger partial charge in [-0.05, 0) is 67.5 Å². The Hall–Kier alpha value is -2.79. The highest BCUT2D eigenvalue weighted by molar-refractivity contribution is 6.46. The van der Waals surface area contributed by atoms with Gasteiger partial charge in [0.15, 0.2) is 0 Å². The molecule has 0 aliphatic carbocycles. The lowest BCUT2D eigenvalue weighted by molar-refractivity contribution is -0.120. The average molecular weight is 453 g/mol. The number of imide groups is 1. The van der Waals surface area contributed by atoms with E-state index >= 15 is 0 Å². The molecule has 0 saturated carbocycles. The summed E-state index contributed by atoms with van der Waals surface area (Å²) in [6.45, 7) is 8.28. The van der Waals surface area contributed by atoms with E-state index in [0.717, 1.165) is 43.7 Å². The lowest BCUT2D eigenvalue weighted by Crippen LogP contribution is -2.38. The first-order valence-electron chi connectivity index (χ1n) is 11.3. The molecule has 4 rings (SSSR count). The smallest absolute Gasteiger partial charge is 0.282 e. The number of benzene rings is 2. The summed E-state index contributed by atoms with van der Waals surface area (Å²) >= 11 is 6.31. The molecule has 2 aliphatic rings. The highest BCUT2D eigenvalue weighted by atomic mass is 35.5. The molecule has 0 unspecified atom stereocenters. The monoisotopic (exact) mass is 452 g/mol. The van der Waals surface area contributed by atoms with Crippen LogP contribution in [0.3, 0.4) is 0 Å². The Morgan fingerprint density at radius 3 is 2.38 bits per heavy atom. The average Bonchev–Trinajstić information content (AvgIpc) is 3.05. The Kier molecular flexibility index (Phi) is 6.56. The summed E-state index contributed by atoms with van der Waals surface area (Å²) < 4.78 is 5.69. The van der Waals surface area contributed by atoms with E-state index in [9.17, 15) is 9.59 Å². The standard InChI is InChI=1S/C26H29ClN2O3/c1-4-16-32-20-10-8-19(9-11-20)23-24(28-14-12-17(2)13-15-28)26(31)29(25(23)30)22-7-5-6-21(27)18(22)3/h5-11,17H,4,12-16H2,1-3H3. The van der Waals surface area contributed by atoms with Crippen molar-refractivity contribution >= 4 is 34.7 Å². The minimum atomic E-state index is -0.309. The number of amides is 2. The Bertz CT molecular complexity index is 1050. The van der Waals surface area contributed by atoms with E-state index in [2.05, 4.69) is 18.7 Å². The number of carbonyl (C=O) groups is 2. The molecule has 0 aromatic heterocycles. The van der Waals surface area contributed by atoms with Gasteiger partial charge in [-0.3, -0.25) is 9.59 Å². The fraction of sp³-hybridized carbons (Fsp3) is 0.385. The number of hydrogen-bond acceptors (Lipinski definition) is 4. The highest BCUT2D eigenvalue weighted by Gasteiger charge is 2.43. The normalized spacial score (nSPS) is 17.5. The van der Waals surface area contributed by atoms with Crippen molar-refractivity contribution in [3.63, 3.8) is 0 Å². The van der Waals surface area contributed by atoms with Crippen molar-refractivity contribution in [1.82, 2.24) is 4.90 Å². The number of likely N-dealkylation sites (tertiary alicyclic amines) is 1. The van der Waals surface area contributed by atoms with Crippen LogP contribution in [0.5, 0.6) is 5.75 Å². The van der Waals surface area contributed by atoms with Crippen molar-refractivity contribution in [2.24, 2.45) is 5.92 Å². The van der Waals surface area contributed by atoms with Gasteiger partial charge >= 0.3 is 0 Å². The lowest BCUT2D eigenvalue weighted by atomic mass is 9.97. The predicted molar refractivity (Wildman–Crippen MR) is 128 cm³/mol. The van der Waals surface area contributed by atoms with E-state index in [0.29, 0.717) is 40.1 Å². The van der Waals surface area contributed by atoms with Crippen LogP contribution < -0.4 is 9.64 Å². The van der Waals surface area contributed by atoms with Crippen LogP contribution >= 0.6 is 11.6 Å². The molecule has 0 spiro atoms. The fourth-order valence-corrected chi connectivity index (χ4v) is 4.47. The van der Waals surface area contributed by atoms with Crippen LogP contribution in [0.1, 0.15) is 44.2 Å². The Morgan fingerprint density at radius 1 is 1.03 bits per heavy atom. The van der Waals surface area contributed by atoms with Gasteiger partial charge in [0.25, 0.3) is 11.8 Å². The van der Waals surface area contributed by atoms with Crippen LogP contribution in [0.2, 0.25) is 5.02 Å². The van der Waals surface area contributed by atoms with Gasteiger partial charge in [0.2, 0.25) is 0 Å². The summed E-state index contributed by atoms with van der Waals surface area (Å²) in [5, 5.41) is 0.530. The Balaban J connectivity index is 1.77. The zero-order chi connectivity index (χ0) is 22.8. The molecule has 2 aromatic carbocycles. The van der Waals surface area contributed by atoms with Gasteiger partial charge < -0.3 is 9.64 Å². The SMILES string of the molecule is CCCOc1ccc(C2=C(N3CCC(C)CC3)C(=O)N(c3cccc(Cl)c3C)C2=O)cc1. The second-order valence-corrected chi connectivity index (χ2v) is 9.00. The minimum absolute atomic E-state index is 0.281. The molecule has 0 N–H and O–H groups in total. The van der Waals surface area contributed by atoms with Crippen molar-refractivity contribution in [2.45, 2.75) is 40.0 Å². The van der Waals surface area contributed by atoms with E-state index in [1.165, 1.54) is 4.90 Å². The molecule has 0 atom stereocenters. The Labute approximate surface area is 194 Å². The number of nitrogens with zero attached hydrogens (tertiary/aromatic N) is 2. The van der Waals surface area contributed by atoms with Crippen LogP contribution in [0.25, 0.3) is 5.57 Å². The van der Waals surface area contributed by atoms with Crippen LogP contribution in [0, 0.1) is 12.8 Å². The van der Waals surface area contributed by atoms with Crippen LogP contribution in [0.15, 0.2) is 48.2 Å². The van der Waals surface area contributed by atoms with Crippen molar-refractivity contribution in [3.8, 4) is 5.75 Å². The molecule has 1 fully saturated rings. The first-order valence-corrected chi connectivity index (χ1v) is 11.7. The van der Waals surface area contributed by atoms with Gasteiger partial charge in [-0.15, -0.1) is 0 Å². The van der Waals surface area contributed by atoms with Gasteiger partial charge in [-0.2, -0.15) is 0 Å². The van der Waals surface area contributed by atoms with Crippen molar-refractivity contribution in [3.05, 3.63) is 64.3 Å². The molecular weight excluding hydrogens is 424 g/mol. The second-order valence-electron chi connectivity index (χ2n) is 8.60. The molecule has 5 nitrogen and oxygen atoms in total. The van der Waals surface area contributed by atoms with Gasteiger partial charge in [0.05, 0.1) is 17.9 Å². The molecule has 2 amide bonds. The maximum Gasteiger partial charge on any atom is 0.282 e. The quantitative estimate of drug-likeness (QED) is 0.546. The largest absolute Gasteiger partial charge is 0.494 e. The zero-order valence-corrected chi connectivity index (χ0v) is 19.6. The summed E-state index contributed by atoms with van der Waals surface area (Å²) in [7, 11) is 0. The van der Waals surface area contributed by atoms with Gasteiger partial charge in [-0.1, -0.05) is 43.6 Å². The molecule has 32 heavy (non-hydrogen) atoms. The molecule has 0 radical (unpaired) electrons. The summed E-state index contributed by atoms with van der Waals surface area (Å²) in [6, 6.07) is 12.8. The van der Waals surface area contributed by atoms with Gasteiger partial charge in [0, 0.05) is 18.1 Å². The first kappa shape index (κ1) is 22.4. The number of piperidine rings is 1. The van der Waals surface area contributed by atoms with E-state index < -0.39 is 0 Å². The maximum atomic E-state index is 13.7. The first-order chi connectivity index (χ1) is 15.4. The van der Waals surface area contributed by atoms with E-state index in [1.807, 2.05) is 31.2 Å². The fourth-order valence-electron chi connectivity index (χ4n) is 4.30. The van der Waals surface area contributed by atoms with Crippen LogP contribution in [0.4, 0.5) is 5.69 Å². The molecule has 1 saturated heterocycles. The van der Waals surface area contributed by atoms with E-state index in [1.54, 1.807) is 18.2 Å². The number of rotatable bonds is 6. The zero-order valence-electron chi connectivity index (χ0n) is 18.9. The number of halogens is 1. The molecule has 0 bridgehead atoms. The van der Waals surface area contributed by atoms with E-state index in [4.69, 9.17) is 16.3 Å². The number of hydrogen-bond donors (Lipinski definition) is 0. The van der Waals surface area contributed by atoms with Crippen molar-refractivity contribution in [1.29, 1.82) is 0 Å². The number of carbonyl (C=O) groups excluding carboxylic acids is 2. The summed E-state index contributed by atoms with van der Waals surface area (Å²) in [6.07, 6.45) is 2.92. The molecule has 6 heteroatoms. The predicted octanol–water partition coefficient (Wildman–Crippen LogP) is 5.45. The minimum Gasteiger partial charge on any atom is -0.494 e. The van der Waals surface area contributed by atoms with Gasteiger partial charge in [-0.25, -0.2) is 4.90 Å². The Morgan fingerprint density at radius 2 is 1.72 bits per heavy atom. The topological polar surface area (TPSA) is 49.9 Å². The van der Waals surface area contributed by atoms with Crippen molar-refractivity contribution < 1.29 is 14.3 Å². The maximum absolute atomic E-state index is 13.7. The van der Waals surface area contributed by atoms with Crippen LogP contribution in [-0.2, 0) is 9.59 Å². The third-order valence-electron chi connectivity index (χ3n) is 6.26. The lowest BCUT2D eigenvalue weighted by Gasteiger charge is -2.32. The molecule has 2 aromatic rings. The summed E-state index contributed by atoms with van der Waals surface area (Å²) in [5.41, 5.74) is 2.91. The molecule has 168 valence electrons. The number of anilines is 1. The molecule has 2 heterocycles. The molecular formula is C26H29ClN2O3. The third kappa shape index (κ3) is 4.14. The van der Waals surface area contributed by atoms with Crippen LogP contribution in [-0.4, -0.2) is 36.4 Å². The molecule has 2 aliphatic heterocycles. The third-order valence-corrected chi connectivity index (χ3v) is 6.66. The highest BCUT2D eigenvalue weighted by Crippen LogP contribution is 2.38. The van der Waals surface area contributed by atoms with Crippen molar-refractivity contribution in [2.75, 3.05) is 24.6 Å². The summed E-state index contributed by atoms with van der Waals surface area (Å²) in [5.74, 6) is 0.778. The summed E-state index contributed by atoms with van der Waals surface area (Å²) in [4.78, 5) is 30.8.